The average molecular weight is 712 g/mol. The van der Waals surface area contributed by atoms with Crippen molar-refractivity contribution < 1.29 is 42.2 Å². The molecule has 3 heterocycles. The molecule has 0 unspecified atom stereocenters. The summed E-state index contributed by atoms with van der Waals surface area (Å²) < 4.78 is 39.2. The average Bonchev–Trinajstić information content (AvgIpc) is 3.99. The number of pyridine rings is 1. The van der Waals surface area contributed by atoms with Gasteiger partial charge in [0.25, 0.3) is 5.91 Å². The summed E-state index contributed by atoms with van der Waals surface area (Å²) in [5.74, 6) is -2.34. The molecule has 4 N–H and O–H groups in total. The second kappa shape index (κ2) is 13.5. The Bertz CT molecular complexity index is 1810. The molecule has 2 aromatic rings. The molecule has 4 bridgehead atoms. The number of carbonyl (C=O) groups is 4. The zero-order chi connectivity index (χ0) is 36.0. The Morgan fingerprint density at radius 1 is 1.16 bits per heavy atom. The van der Waals surface area contributed by atoms with E-state index in [0.29, 0.717) is 43.1 Å². The van der Waals surface area contributed by atoms with E-state index >= 15 is 0 Å². The zero-order valence-corrected chi connectivity index (χ0v) is 29.3. The van der Waals surface area contributed by atoms with Crippen LogP contribution in [-0.2, 0) is 29.1 Å². The molecule has 50 heavy (non-hydrogen) atoms. The molecule has 0 spiro atoms. The molecular weight excluding hydrogens is 666 g/mol. The number of nitrogens with one attached hydrogen (secondary N) is 3. The summed E-state index contributed by atoms with van der Waals surface area (Å²) in [4.78, 5) is 60.7. The first-order valence-corrected chi connectivity index (χ1v) is 18.7. The number of alkyl carbamates (subject to hydrolysis) is 1. The number of rotatable bonds is 6. The number of sulfonamides is 1. The Morgan fingerprint density at radius 3 is 2.60 bits per heavy atom. The monoisotopic (exact) mass is 711 g/mol. The third-order valence-electron chi connectivity index (χ3n) is 9.99. The number of hydrogen-bond donors (Lipinski definition) is 4. The second-order valence-corrected chi connectivity index (χ2v) is 16.8. The number of carbonyl (C=O) groups excluding carboxylic acids is 4. The largest absolute Gasteiger partial charge is 0.472 e. The van der Waals surface area contributed by atoms with Crippen LogP contribution in [0.25, 0.3) is 10.8 Å². The lowest BCUT2D eigenvalue weighted by atomic mass is 9.85. The van der Waals surface area contributed by atoms with Gasteiger partial charge in [-0.2, -0.15) is 0 Å². The molecule has 1 aromatic heterocycles. The normalized spacial score (nSPS) is 29.2. The maximum Gasteiger partial charge on any atom is 0.407 e. The van der Waals surface area contributed by atoms with Crippen LogP contribution < -0.4 is 20.1 Å². The van der Waals surface area contributed by atoms with Crippen molar-refractivity contribution in [1.29, 1.82) is 0 Å². The third-order valence-corrected chi connectivity index (χ3v) is 11.8. The van der Waals surface area contributed by atoms with E-state index in [1.54, 1.807) is 27.0 Å². The number of aliphatic hydroxyl groups excluding tert-OH is 1. The maximum atomic E-state index is 14.4. The molecular formula is C35H45N5O9S. The summed E-state index contributed by atoms with van der Waals surface area (Å²) in [5.41, 5.74) is -1.70. The Hall–Kier alpha value is -4.24. The molecule has 6 rings (SSSR count). The highest BCUT2D eigenvalue weighted by atomic mass is 32.2. The number of fused-ring (bicyclic) bond motifs is 3. The number of benzene rings is 1. The van der Waals surface area contributed by atoms with Gasteiger partial charge in [-0.3, -0.25) is 19.1 Å². The fraction of sp³-hybridized carbons (Fsp3) is 0.571. The molecule has 2 aliphatic heterocycles. The molecule has 3 fully saturated rings. The molecule has 14 nitrogen and oxygen atoms in total. The van der Waals surface area contributed by atoms with Gasteiger partial charge in [-0.1, -0.05) is 39.0 Å². The lowest BCUT2D eigenvalue weighted by Crippen LogP contribution is -2.60. The topological polar surface area (TPSA) is 193 Å². The van der Waals surface area contributed by atoms with E-state index < -0.39 is 80.3 Å². The van der Waals surface area contributed by atoms with Gasteiger partial charge in [-0.15, -0.1) is 6.58 Å². The van der Waals surface area contributed by atoms with Crippen molar-refractivity contribution >= 4 is 44.6 Å². The fourth-order valence-corrected chi connectivity index (χ4v) is 8.12. The van der Waals surface area contributed by atoms with Crippen molar-refractivity contribution in [2.75, 3.05) is 13.2 Å². The smallest absolute Gasteiger partial charge is 0.407 e. The van der Waals surface area contributed by atoms with Gasteiger partial charge in [0.05, 0.1) is 24.5 Å². The summed E-state index contributed by atoms with van der Waals surface area (Å²) in [6.45, 7) is 9.10. The molecule has 1 aromatic carbocycles. The highest BCUT2D eigenvalue weighted by Crippen LogP contribution is 2.45. The van der Waals surface area contributed by atoms with Crippen LogP contribution in [0.15, 0.2) is 43.1 Å². The van der Waals surface area contributed by atoms with Crippen molar-refractivity contribution in [1.82, 2.24) is 25.2 Å². The third kappa shape index (κ3) is 7.29. The van der Waals surface area contributed by atoms with E-state index in [4.69, 9.17) is 9.47 Å². The van der Waals surface area contributed by atoms with Gasteiger partial charge in [0.2, 0.25) is 27.7 Å². The maximum absolute atomic E-state index is 14.4. The van der Waals surface area contributed by atoms with Gasteiger partial charge in [0, 0.05) is 23.9 Å². The number of nitrogens with zero attached hydrogens (tertiary/aromatic N) is 2. The fourth-order valence-electron chi connectivity index (χ4n) is 6.76. The van der Waals surface area contributed by atoms with Crippen molar-refractivity contribution in [2.45, 2.75) is 101 Å². The highest BCUT2D eigenvalue weighted by Gasteiger charge is 2.62. The molecule has 1 saturated heterocycles. The van der Waals surface area contributed by atoms with Crippen LogP contribution in [0.5, 0.6) is 5.88 Å². The van der Waals surface area contributed by atoms with Gasteiger partial charge in [-0.25, -0.2) is 18.2 Å². The zero-order valence-electron chi connectivity index (χ0n) is 28.5. The van der Waals surface area contributed by atoms with E-state index in [0.717, 1.165) is 5.39 Å². The lowest BCUT2D eigenvalue weighted by molar-refractivity contribution is -0.142. The van der Waals surface area contributed by atoms with Crippen molar-refractivity contribution in [3.05, 3.63) is 48.7 Å². The molecule has 0 radical (unpaired) electrons. The van der Waals surface area contributed by atoms with E-state index in [1.165, 1.54) is 11.0 Å². The van der Waals surface area contributed by atoms with Crippen LogP contribution in [0.3, 0.4) is 0 Å². The van der Waals surface area contributed by atoms with Crippen LogP contribution in [0.1, 0.15) is 77.4 Å². The van der Waals surface area contributed by atoms with E-state index in [9.17, 15) is 32.7 Å². The molecule has 4 amide bonds. The summed E-state index contributed by atoms with van der Waals surface area (Å²) in [6.07, 6.45) is 3.34. The highest BCUT2D eigenvalue weighted by molar-refractivity contribution is 7.91. The summed E-state index contributed by atoms with van der Waals surface area (Å²) >= 11 is 0. The van der Waals surface area contributed by atoms with E-state index in [-0.39, 0.29) is 31.9 Å². The minimum Gasteiger partial charge on any atom is -0.472 e. The number of aliphatic hydroxyl groups is 1. The lowest BCUT2D eigenvalue weighted by Gasteiger charge is -2.35. The minimum atomic E-state index is -3.90. The van der Waals surface area contributed by atoms with Gasteiger partial charge in [0.1, 0.15) is 23.7 Å². The van der Waals surface area contributed by atoms with Crippen LogP contribution >= 0.6 is 0 Å². The summed E-state index contributed by atoms with van der Waals surface area (Å²) in [5, 5.41) is 17.2. The Kier molecular flexibility index (Phi) is 9.59. The van der Waals surface area contributed by atoms with E-state index in [2.05, 4.69) is 26.9 Å². The number of cyclic esters (lactones) is 1. The molecule has 4 aliphatic rings. The van der Waals surface area contributed by atoms with Crippen LogP contribution in [0, 0.1) is 11.3 Å². The van der Waals surface area contributed by atoms with Gasteiger partial charge in [0.15, 0.2) is 0 Å². The summed E-state index contributed by atoms with van der Waals surface area (Å²) in [6, 6.07) is 5.07. The second-order valence-electron chi connectivity index (χ2n) is 14.9. The SMILES string of the molecule is C=C[C@@H]1C[C@]1(NC(=O)[C@@H]1C[C@@H]2CN1C(=O)[C@H](C(C)(C)C)NC(=O)OCCCC[C@@H](O)c1ccc3ccnc(c3c1)O2)C(=O)NS(=O)(=O)C1CC1. The predicted molar refractivity (Wildman–Crippen MR) is 182 cm³/mol. The summed E-state index contributed by atoms with van der Waals surface area (Å²) in [7, 11) is -3.90. The first-order chi connectivity index (χ1) is 23.6. The standard InChI is InChI=1S/C35H45N5O9S/c1-5-22-18-35(22,32(44)39-50(46,47)24-11-12-24)38-29(42)26-17-23-19-40(26)31(43)28(34(2,3)4)37-33(45)48-15-7-6-8-27(41)21-10-9-20-13-14-36-30(49-23)25(20)16-21/h5,9-10,13-14,16,22-24,26-28,41H,1,6-8,11-12,15,17-19H2,2-4H3,(H,37,45)(H,38,42)(H,39,44)/t22-,23-,26+,27-,28-,35-/m1/s1. The van der Waals surface area contributed by atoms with Crippen LogP contribution in [0.2, 0.25) is 0 Å². The molecule has 270 valence electrons. The van der Waals surface area contributed by atoms with Crippen molar-refractivity contribution in [3.8, 4) is 5.88 Å². The Morgan fingerprint density at radius 2 is 1.92 bits per heavy atom. The minimum absolute atomic E-state index is 0.0100. The van der Waals surface area contributed by atoms with Crippen LogP contribution in [0.4, 0.5) is 4.79 Å². The quantitative estimate of drug-likeness (QED) is 0.324. The van der Waals surface area contributed by atoms with E-state index in [1.807, 2.05) is 24.3 Å². The van der Waals surface area contributed by atoms with Crippen LogP contribution in [-0.4, -0.2) is 89.4 Å². The van der Waals surface area contributed by atoms with Gasteiger partial charge < -0.3 is 30.1 Å². The molecule has 15 heteroatoms. The predicted octanol–water partition coefficient (Wildman–Crippen LogP) is 2.61. The van der Waals surface area contributed by atoms with Crippen molar-refractivity contribution in [3.63, 3.8) is 0 Å². The molecule has 6 atom stereocenters. The first kappa shape index (κ1) is 35.6. The van der Waals surface area contributed by atoms with Crippen molar-refractivity contribution in [2.24, 2.45) is 11.3 Å². The Labute approximate surface area is 291 Å². The number of aromatic nitrogens is 1. The Balaban J connectivity index is 1.33. The number of ether oxygens (including phenoxy) is 2. The number of amides is 4. The van der Waals surface area contributed by atoms with Gasteiger partial charge in [-0.05, 0) is 67.0 Å². The first-order valence-electron chi connectivity index (χ1n) is 17.1. The molecule has 2 saturated carbocycles. The number of hydrogen-bond acceptors (Lipinski definition) is 10. The molecule has 2 aliphatic carbocycles. The van der Waals surface area contributed by atoms with Gasteiger partial charge >= 0.3 is 6.09 Å².